The lowest BCUT2D eigenvalue weighted by atomic mass is 10.1. The Hall–Kier alpha value is -3.67. The number of nitrogens with zero attached hydrogens (tertiary/aromatic N) is 2. The first-order valence-corrected chi connectivity index (χ1v) is 10.2. The number of anilines is 1. The van der Waals surface area contributed by atoms with Crippen LogP contribution in [0.1, 0.15) is 17.2 Å². The molecule has 3 aromatic carbocycles. The molecule has 6 nitrogen and oxygen atoms in total. The average Bonchev–Trinajstić information content (AvgIpc) is 3.27. The van der Waals surface area contributed by atoms with Crippen LogP contribution in [0.2, 0.25) is 0 Å². The summed E-state index contributed by atoms with van der Waals surface area (Å²) in [5.74, 6) is 2.67. The SMILES string of the molecule is COc1cc(CN=C2N[C@H](c3ccccc3)CN2c2ccccc2)cc(OC)c1OC. The second-order valence-corrected chi connectivity index (χ2v) is 7.23. The number of rotatable bonds is 7. The monoisotopic (exact) mass is 417 g/mol. The molecule has 1 heterocycles. The Labute approximate surface area is 183 Å². The maximum absolute atomic E-state index is 5.48. The summed E-state index contributed by atoms with van der Waals surface area (Å²) in [6, 6.07) is 24.8. The summed E-state index contributed by atoms with van der Waals surface area (Å²) in [7, 11) is 4.84. The van der Waals surface area contributed by atoms with Crippen LogP contribution >= 0.6 is 0 Å². The number of ether oxygens (including phenoxy) is 3. The van der Waals surface area contributed by atoms with Gasteiger partial charge in [-0.1, -0.05) is 48.5 Å². The van der Waals surface area contributed by atoms with Gasteiger partial charge in [0.25, 0.3) is 0 Å². The van der Waals surface area contributed by atoms with Crippen molar-refractivity contribution in [2.75, 3.05) is 32.8 Å². The average molecular weight is 418 g/mol. The molecule has 4 rings (SSSR count). The highest BCUT2D eigenvalue weighted by molar-refractivity contribution is 5.98. The fourth-order valence-corrected chi connectivity index (χ4v) is 3.78. The number of nitrogens with one attached hydrogen (secondary N) is 1. The van der Waals surface area contributed by atoms with Crippen molar-refractivity contribution in [3.63, 3.8) is 0 Å². The normalized spacial score (nSPS) is 16.8. The Balaban J connectivity index is 1.64. The van der Waals surface area contributed by atoms with Gasteiger partial charge in [0.1, 0.15) is 0 Å². The Morgan fingerprint density at radius 2 is 1.48 bits per heavy atom. The van der Waals surface area contributed by atoms with Gasteiger partial charge in [-0.15, -0.1) is 0 Å². The molecule has 0 spiro atoms. The molecular formula is C25H27N3O3. The molecule has 0 bridgehead atoms. The van der Waals surface area contributed by atoms with Gasteiger partial charge in [0, 0.05) is 5.69 Å². The molecule has 0 aromatic heterocycles. The summed E-state index contributed by atoms with van der Waals surface area (Å²) in [5, 5.41) is 3.59. The molecule has 1 saturated heterocycles. The maximum atomic E-state index is 5.48. The van der Waals surface area contributed by atoms with E-state index in [4.69, 9.17) is 19.2 Å². The number of benzene rings is 3. The molecule has 0 amide bonds. The van der Waals surface area contributed by atoms with Crippen LogP contribution in [0.5, 0.6) is 17.2 Å². The van der Waals surface area contributed by atoms with Crippen LogP contribution in [0.4, 0.5) is 5.69 Å². The van der Waals surface area contributed by atoms with Crippen LogP contribution in [0.15, 0.2) is 77.8 Å². The highest BCUT2D eigenvalue weighted by Gasteiger charge is 2.29. The van der Waals surface area contributed by atoms with Crippen molar-refractivity contribution in [2.45, 2.75) is 12.6 Å². The third-order valence-corrected chi connectivity index (χ3v) is 5.33. The predicted molar refractivity (Wildman–Crippen MR) is 123 cm³/mol. The molecular weight excluding hydrogens is 390 g/mol. The van der Waals surface area contributed by atoms with Gasteiger partial charge in [0.15, 0.2) is 17.5 Å². The zero-order valence-electron chi connectivity index (χ0n) is 18.0. The molecule has 0 unspecified atom stereocenters. The van der Waals surface area contributed by atoms with E-state index < -0.39 is 0 Å². The molecule has 0 aliphatic carbocycles. The van der Waals surface area contributed by atoms with Gasteiger partial charge in [-0.3, -0.25) is 0 Å². The first-order valence-electron chi connectivity index (χ1n) is 10.2. The number of methoxy groups -OCH3 is 3. The molecule has 31 heavy (non-hydrogen) atoms. The number of aliphatic imine (C=N–C) groups is 1. The summed E-state index contributed by atoms with van der Waals surface area (Å²) < 4.78 is 16.4. The second kappa shape index (κ2) is 9.43. The largest absolute Gasteiger partial charge is 0.493 e. The predicted octanol–water partition coefficient (Wildman–Crippen LogP) is 4.42. The minimum Gasteiger partial charge on any atom is -0.493 e. The summed E-state index contributed by atoms with van der Waals surface area (Å²) in [4.78, 5) is 7.13. The molecule has 0 saturated carbocycles. The fraction of sp³-hybridized carbons (Fsp3) is 0.240. The standard InChI is InChI=1S/C25H27N3O3/c1-29-22-14-18(15-23(30-2)24(22)31-3)16-26-25-27-21(19-10-6-4-7-11-19)17-28(25)20-12-8-5-9-13-20/h4-15,21H,16-17H2,1-3H3,(H,26,27)/t21-/m0/s1. The lowest BCUT2D eigenvalue weighted by molar-refractivity contribution is 0.324. The van der Waals surface area contributed by atoms with Gasteiger partial charge in [0.2, 0.25) is 5.75 Å². The van der Waals surface area contributed by atoms with Crippen molar-refractivity contribution in [1.82, 2.24) is 5.32 Å². The number of hydrogen-bond donors (Lipinski definition) is 1. The van der Waals surface area contributed by atoms with E-state index in [2.05, 4.69) is 46.6 Å². The minimum atomic E-state index is 0.167. The van der Waals surface area contributed by atoms with Crippen LogP contribution in [-0.2, 0) is 6.54 Å². The topological polar surface area (TPSA) is 55.3 Å². The molecule has 6 heteroatoms. The smallest absolute Gasteiger partial charge is 0.203 e. The summed E-state index contributed by atoms with van der Waals surface area (Å²) in [6.45, 7) is 1.28. The van der Waals surface area contributed by atoms with Gasteiger partial charge in [0.05, 0.1) is 40.5 Å². The molecule has 1 aliphatic heterocycles. The van der Waals surface area contributed by atoms with Crippen molar-refractivity contribution < 1.29 is 14.2 Å². The molecule has 1 aliphatic rings. The van der Waals surface area contributed by atoms with Crippen LogP contribution in [0, 0.1) is 0 Å². The summed E-state index contributed by atoms with van der Waals surface area (Å²) in [5.41, 5.74) is 3.32. The van der Waals surface area contributed by atoms with Crippen molar-refractivity contribution >= 4 is 11.6 Å². The zero-order chi connectivity index (χ0) is 21.6. The van der Waals surface area contributed by atoms with E-state index in [9.17, 15) is 0 Å². The maximum Gasteiger partial charge on any atom is 0.203 e. The van der Waals surface area contributed by atoms with E-state index in [0.717, 1.165) is 23.8 Å². The second-order valence-electron chi connectivity index (χ2n) is 7.23. The first kappa shape index (κ1) is 20.6. The lowest BCUT2D eigenvalue weighted by Gasteiger charge is -2.18. The van der Waals surface area contributed by atoms with Gasteiger partial charge >= 0.3 is 0 Å². The molecule has 1 N–H and O–H groups in total. The Morgan fingerprint density at radius 3 is 2.06 bits per heavy atom. The van der Waals surface area contributed by atoms with E-state index in [0.29, 0.717) is 23.8 Å². The van der Waals surface area contributed by atoms with E-state index in [1.165, 1.54) is 5.56 Å². The van der Waals surface area contributed by atoms with E-state index in [-0.39, 0.29) is 6.04 Å². The molecule has 3 aromatic rings. The fourth-order valence-electron chi connectivity index (χ4n) is 3.78. The van der Waals surface area contributed by atoms with Gasteiger partial charge < -0.3 is 24.4 Å². The minimum absolute atomic E-state index is 0.167. The Morgan fingerprint density at radius 1 is 0.871 bits per heavy atom. The zero-order valence-corrected chi connectivity index (χ0v) is 18.0. The lowest BCUT2D eigenvalue weighted by Crippen LogP contribution is -2.30. The van der Waals surface area contributed by atoms with Crippen LogP contribution in [0.25, 0.3) is 0 Å². The van der Waals surface area contributed by atoms with E-state index >= 15 is 0 Å². The van der Waals surface area contributed by atoms with Crippen molar-refractivity contribution in [2.24, 2.45) is 4.99 Å². The van der Waals surface area contributed by atoms with Crippen molar-refractivity contribution in [3.05, 3.63) is 83.9 Å². The highest BCUT2D eigenvalue weighted by atomic mass is 16.5. The van der Waals surface area contributed by atoms with Crippen molar-refractivity contribution in [3.8, 4) is 17.2 Å². The van der Waals surface area contributed by atoms with Crippen LogP contribution in [0.3, 0.4) is 0 Å². The Kier molecular flexibility index (Phi) is 6.26. The van der Waals surface area contributed by atoms with Gasteiger partial charge in [-0.25, -0.2) is 4.99 Å². The molecule has 1 atom stereocenters. The molecule has 1 fully saturated rings. The number of hydrogen-bond acceptors (Lipinski definition) is 4. The quantitative estimate of drug-likeness (QED) is 0.617. The number of guanidine groups is 1. The third kappa shape index (κ3) is 4.43. The van der Waals surface area contributed by atoms with Crippen LogP contribution in [-0.4, -0.2) is 33.8 Å². The summed E-state index contributed by atoms with van der Waals surface area (Å²) in [6.07, 6.45) is 0. The molecule has 160 valence electrons. The number of para-hydroxylation sites is 1. The van der Waals surface area contributed by atoms with E-state index in [1.54, 1.807) is 21.3 Å². The van der Waals surface area contributed by atoms with Crippen molar-refractivity contribution in [1.29, 1.82) is 0 Å². The highest BCUT2D eigenvalue weighted by Crippen LogP contribution is 2.38. The summed E-state index contributed by atoms with van der Waals surface area (Å²) >= 11 is 0. The first-order chi connectivity index (χ1) is 15.2. The van der Waals surface area contributed by atoms with E-state index in [1.807, 2.05) is 36.4 Å². The Bertz CT molecular complexity index is 1010. The van der Waals surface area contributed by atoms with Gasteiger partial charge in [-0.05, 0) is 35.4 Å². The molecule has 0 radical (unpaired) electrons. The third-order valence-electron chi connectivity index (χ3n) is 5.33. The van der Waals surface area contributed by atoms with Crippen LogP contribution < -0.4 is 24.4 Å². The van der Waals surface area contributed by atoms with Gasteiger partial charge in [-0.2, -0.15) is 0 Å².